The van der Waals surface area contributed by atoms with Crippen LogP contribution >= 0.6 is 11.6 Å². The quantitative estimate of drug-likeness (QED) is 0.943. The molecular weight excluding hydrogens is 307 g/mol. The van der Waals surface area contributed by atoms with E-state index in [-0.39, 0.29) is 5.82 Å². The van der Waals surface area contributed by atoms with Crippen molar-refractivity contribution in [1.29, 1.82) is 0 Å². The van der Waals surface area contributed by atoms with Crippen LogP contribution in [0.1, 0.15) is 11.3 Å². The number of hydrogen-bond donors (Lipinski definition) is 1. The average Bonchev–Trinajstić information content (AvgIpc) is 2.71. The van der Waals surface area contributed by atoms with E-state index in [4.69, 9.17) is 11.6 Å². The molecular formula is C13H11ClF3N3O. The highest BCUT2D eigenvalue weighted by molar-refractivity contribution is 6.31. The summed E-state index contributed by atoms with van der Waals surface area (Å²) in [7, 11) is 0. The van der Waals surface area contributed by atoms with E-state index in [2.05, 4.69) is 5.10 Å². The van der Waals surface area contributed by atoms with Crippen LogP contribution in [0, 0.1) is 6.92 Å². The van der Waals surface area contributed by atoms with Crippen LogP contribution in [0.5, 0.6) is 0 Å². The van der Waals surface area contributed by atoms with E-state index in [1.54, 1.807) is 36.5 Å². The third-order valence-corrected chi connectivity index (χ3v) is 3.13. The number of aromatic nitrogens is 2. The first-order valence-corrected chi connectivity index (χ1v) is 6.31. The number of hydrogen-bond acceptors (Lipinski definition) is 2. The first-order valence-electron chi connectivity index (χ1n) is 5.93. The minimum Gasteiger partial charge on any atom is -0.301 e. The van der Waals surface area contributed by atoms with Gasteiger partial charge in [0.2, 0.25) is 0 Å². The van der Waals surface area contributed by atoms with Crippen molar-refractivity contribution in [2.24, 2.45) is 0 Å². The van der Waals surface area contributed by atoms with Crippen molar-refractivity contribution in [2.45, 2.75) is 19.6 Å². The van der Waals surface area contributed by atoms with Crippen LogP contribution in [-0.2, 0) is 11.3 Å². The van der Waals surface area contributed by atoms with Gasteiger partial charge in [0, 0.05) is 16.8 Å². The third-order valence-electron chi connectivity index (χ3n) is 2.76. The minimum absolute atomic E-state index is 0.151. The molecule has 0 saturated heterocycles. The first kappa shape index (κ1) is 15.4. The Balaban J connectivity index is 2.17. The summed E-state index contributed by atoms with van der Waals surface area (Å²) in [4.78, 5) is 10.9. The summed E-state index contributed by atoms with van der Waals surface area (Å²) in [6.45, 7) is 1.97. The molecule has 0 aliphatic rings. The molecule has 1 aromatic heterocycles. The lowest BCUT2D eigenvalue weighted by Gasteiger charge is -2.07. The molecule has 2 rings (SSSR count). The van der Waals surface area contributed by atoms with E-state index in [9.17, 15) is 18.0 Å². The summed E-state index contributed by atoms with van der Waals surface area (Å²) in [5.74, 6) is -2.20. The number of benzene rings is 1. The molecule has 1 heterocycles. The number of rotatable bonds is 3. The Bertz CT molecular complexity index is 667. The summed E-state index contributed by atoms with van der Waals surface area (Å²) < 4.78 is 38.0. The SMILES string of the molecule is Cc1cc(NC(=O)C(F)(F)F)nn1Cc1ccccc1Cl. The van der Waals surface area contributed by atoms with E-state index >= 15 is 0 Å². The molecule has 1 N–H and O–H groups in total. The molecule has 4 nitrogen and oxygen atoms in total. The van der Waals surface area contributed by atoms with Gasteiger partial charge >= 0.3 is 12.1 Å². The van der Waals surface area contributed by atoms with E-state index in [0.29, 0.717) is 17.3 Å². The van der Waals surface area contributed by atoms with Gasteiger partial charge in [0.25, 0.3) is 0 Å². The van der Waals surface area contributed by atoms with Crippen molar-refractivity contribution in [3.63, 3.8) is 0 Å². The lowest BCUT2D eigenvalue weighted by Crippen LogP contribution is -2.30. The van der Waals surface area contributed by atoms with Crippen molar-refractivity contribution in [3.8, 4) is 0 Å². The summed E-state index contributed by atoms with van der Waals surface area (Å²) in [6, 6.07) is 8.43. The zero-order chi connectivity index (χ0) is 15.6. The Morgan fingerprint density at radius 2 is 2.05 bits per heavy atom. The predicted octanol–water partition coefficient (Wildman–Crippen LogP) is 3.39. The van der Waals surface area contributed by atoms with Crippen molar-refractivity contribution in [2.75, 3.05) is 5.32 Å². The summed E-state index contributed by atoms with van der Waals surface area (Å²) in [6.07, 6.45) is -4.94. The fraction of sp³-hybridized carbons (Fsp3) is 0.231. The smallest absolute Gasteiger partial charge is 0.301 e. The second kappa shape index (κ2) is 5.77. The molecule has 0 radical (unpaired) electrons. The highest BCUT2D eigenvalue weighted by Gasteiger charge is 2.39. The van der Waals surface area contributed by atoms with Crippen molar-refractivity contribution < 1.29 is 18.0 Å². The van der Waals surface area contributed by atoms with Crippen LogP contribution in [0.2, 0.25) is 5.02 Å². The lowest BCUT2D eigenvalue weighted by atomic mass is 10.2. The number of alkyl halides is 3. The Morgan fingerprint density at radius 3 is 2.67 bits per heavy atom. The Morgan fingerprint density at radius 1 is 1.38 bits per heavy atom. The number of carbonyl (C=O) groups is 1. The molecule has 0 atom stereocenters. The number of halogens is 4. The van der Waals surface area contributed by atoms with Crippen molar-refractivity contribution in [3.05, 3.63) is 46.6 Å². The van der Waals surface area contributed by atoms with Gasteiger partial charge in [-0.1, -0.05) is 29.8 Å². The zero-order valence-corrected chi connectivity index (χ0v) is 11.7. The van der Waals surface area contributed by atoms with E-state index < -0.39 is 12.1 Å². The van der Waals surface area contributed by atoms with Gasteiger partial charge in [0.1, 0.15) is 0 Å². The predicted molar refractivity (Wildman–Crippen MR) is 72.2 cm³/mol. The number of amides is 1. The second-order valence-electron chi connectivity index (χ2n) is 4.37. The Hall–Kier alpha value is -2.02. The van der Waals surface area contributed by atoms with Crippen LogP contribution in [0.3, 0.4) is 0 Å². The number of aryl methyl sites for hydroxylation is 1. The summed E-state index contributed by atoms with van der Waals surface area (Å²) >= 11 is 6.02. The van der Waals surface area contributed by atoms with E-state index in [1.807, 2.05) is 0 Å². The van der Waals surface area contributed by atoms with Gasteiger partial charge < -0.3 is 5.32 Å². The van der Waals surface area contributed by atoms with Gasteiger partial charge in [-0.25, -0.2) is 0 Å². The molecule has 21 heavy (non-hydrogen) atoms. The molecule has 0 saturated carbocycles. The highest BCUT2D eigenvalue weighted by atomic mass is 35.5. The summed E-state index contributed by atoms with van der Waals surface area (Å²) in [5.41, 5.74) is 1.38. The molecule has 0 aliphatic carbocycles. The van der Waals surface area contributed by atoms with Crippen LogP contribution in [0.25, 0.3) is 0 Å². The van der Waals surface area contributed by atoms with Crippen LogP contribution < -0.4 is 5.32 Å². The zero-order valence-electron chi connectivity index (χ0n) is 10.9. The van der Waals surface area contributed by atoms with E-state index in [1.165, 1.54) is 10.7 Å². The van der Waals surface area contributed by atoms with Gasteiger partial charge in [0.15, 0.2) is 5.82 Å². The standard InChI is InChI=1S/C13H11ClF3N3O/c1-8-6-11(18-12(21)13(15,16)17)19-20(8)7-9-4-2-3-5-10(9)14/h2-6H,7H2,1H3,(H,18,19,21). The minimum atomic E-state index is -4.94. The normalized spacial score (nSPS) is 11.5. The molecule has 0 aliphatic heterocycles. The number of anilines is 1. The fourth-order valence-electron chi connectivity index (χ4n) is 1.71. The third kappa shape index (κ3) is 3.75. The number of nitrogens with one attached hydrogen (secondary N) is 1. The monoisotopic (exact) mass is 317 g/mol. The Kier molecular flexibility index (Phi) is 4.22. The maximum atomic E-state index is 12.2. The number of nitrogens with zero attached hydrogens (tertiary/aromatic N) is 2. The van der Waals surface area contributed by atoms with Crippen molar-refractivity contribution >= 4 is 23.3 Å². The van der Waals surface area contributed by atoms with Crippen LogP contribution in [0.4, 0.5) is 19.0 Å². The van der Waals surface area contributed by atoms with Gasteiger partial charge in [-0.15, -0.1) is 0 Å². The first-order chi connectivity index (χ1) is 9.77. The topological polar surface area (TPSA) is 46.9 Å². The lowest BCUT2D eigenvalue weighted by molar-refractivity contribution is -0.167. The van der Waals surface area contributed by atoms with Gasteiger partial charge in [-0.05, 0) is 18.6 Å². The maximum absolute atomic E-state index is 12.2. The fourth-order valence-corrected chi connectivity index (χ4v) is 1.90. The largest absolute Gasteiger partial charge is 0.471 e. The van der Waals surface area contributed by atoms with Gasteiger partial charge in [-0.2, -0.15) is 18.3 Å². The molecule has 112 valence electrons. The molecule has 0 bridgehead atoms. The molecule has 0 fully saturated rings. The second-order valence-corrected chi connectivity index (χ2v) is 4.78. The molecule has 1 amide bonds. The molecule has 0 unspecified atom stereocenters. The highest BCUT2D eigenvalue weighted by Crippen LogP contribution is 2.20. The van der Waals surface area contributed by atoms with Crippen LogP contribution in [0.15, 0.2) is 30.3 Å². The molecule has 0 spiro atoms. The molecule has 8 heteroatoms. The Labute approximate surface area is 123 Å². The van der Waals surface area contributed by atoms with Gasteiger partial charge in [-0.3, -0.25) is 9.48 Å². The maximum Gasteiger partial charge on any atom is 0.471 e. The van der Waals surface area contributed by atoms with Crippen molar-refractivity contribution in [1.82, 2.24) is 9.78 Å². The summed E-state index contributed by atoms with van der Waals surface area (Å²) in [5, 5.41) is 6.18. The van der Waals surface area contributed by atoms with Gasteiger partial charge in [0.05, 0.1) is 6.54 Å². The number of carbonyl (C=O) groups excluding carboxylic acids is 1. The molecule has 2 aromatic rings. The van der Waals surface area contributed by atoms with Crippen LogP contribution in [-0.4, -0.2) is 21.9 Å². The average molecular weight is 318 g/mol. The van der Waals surface area contributed by atoms with E-state index in [0.717, 1.165) is 5.56 Å². The molecule has 1 aromatic carbocycles.